The first-order valence-corrected chi connectivity index (χ1v) is 6.13. The van der Waals surface area contributed by atoms with E-state index in [0.29, 0.717) is 6.04 Å². The summed E-state index contributed by atoms with van der Waals surface area (Å²) < 4.78 is 5.68. The predicted molar refractivity (Wildman–Crippen MR) is 58.8 cm³/mol. The maximum atomic E-state index is 11.5. The molecule has 3 aliphatic heterocycles. The van der Waals surface area contributed by atoms with Crippen LogP contribution in [0.4, 0.5) is 0 Å². The normalized spacial score (nSPS) is 40.9. The van der Waals surface area contributed by atoms with Crippen molar-refractivity contribution in [3.63, 3.8) is 0 Å². The van der Waals surface area contributed by atoms with E-state index in [1.54, 1.807) is 6.08 Å². The molecule has 0 aromatic carbocycles. The fourth-order valence-electron chi connectivity index (χ4n) is 3.99. The van der Waals surface area contributed by atoms with Crippen LogP contribution in [0.25, 0.3) is 0 Å². The van der Waals surface area contributed by atoms with E-state index in [2.05, 4.69) is 11.8 Å². The highest BCUT2D eigenvalue weighted by Gasteiger charge is 2.65. The maximum Gasteiger partial charge on any atom is 0.332 e. The van der Waals surface area contributed by atoms with Crippen molar-refractivity contribution in [1.82, 2.24) is 4.90 Å². The molecule has 0 saturated carbocycles. The molecule has 4 aliphatic rings. The monoisotopic (exact) mass is 217 g/mol. The van der Waals surface area contributed by atoms with Gasteiger partial charge < -0.3 is 4.74 Å². The third-order valence-corrected chi connectivity index (χ3v) is 4.67. The molecule has 0 aromatic rings. The number of nitrogens with zero attached hydrogens (tertiary/aromatic N) is 1. The maximum absolute atomic E-state index is 11.5. The van der Waals surface area contributed by atoms with Gasteiger partial charge in [-0.05, 0) is 37.5 Å². The van der Waals surface area contributed by atoms with Gasteiger partial charge in [-0.3, -0.25) is 4.90 Å². The van der Waals surface area contributed by atoms with Crippen molar-refractivity contribution < 1.29 is 9.53 Å². The summed E-state index contributed by atoms with van der Waals surface area (Å²) in [5, 5.41) is 0. The van der Waals surface area contributed by atoms with Gasteiger partial charge in [0.2, 0.25) is 0 Å². The third kappa shape index (κ3) is 0.766. The van der Waals surface area contributed by atoms with E-state index in [1.807, 2.05) is 0 Å². The highest BCUT2D eigenvalue weighted by Crippen LogP contribution is 2.58. The van der Waals surface area contributed by atoms with E-state index in [4.69, 9.17) is 4.74 Å². The molecular formula is C13H15NO2. The number of rotatable bonds is 0. The zero-order chi connectivity index (χ0) is 10.9. The summed E-state index contributed by atoms with van der Waals surface area (Å²) in [5.74, 6) is -0.142. The number of ether oxygens (including phenoxy) is 1. The Morgan fingerprint density at radius 2 is 2.38 bits per heavy atom. The topological polar surface area (TPSA) is 29.5 Å². The van der Waals surface area contributed by atoms with E-state index in [-0.39, 0.29) is 11.6 Å². The number of hydrogen-bond donors (Lipinski definition) is 0. The second-order valence-corrected chi connectivity index (χ2v) is 5.30. The van der Waals surface area contributed by atoms with Crippen molar-refractivity contribution in [2.24, 2.45) is 0 Å². The molecule has 84 valence electrons. The summed E-state index contributed by atoms with van der Waals surface area (Å²) in [5.41, 5.74) is 3.54. The van der Waals surface area contributed by atoms with Crippen molar-refractivity contribution in [1.29, 1.82) is 0 Å². The van der Waals surface area contributed by atoms with Crippen LogP contribution in [0.15, 0.2) is 22.8 Å². The highest BCUT2D eigenvalue weighted by atomic mass is 16.6. The van der Waals surface area contributed by atoms with Gasteiger partial charge in [0, 0.05) is 18.2 Å². The molecule has 2 saturated heterocycles. The van der Waals surface area contributed by atoms with Crippen molar-refractivity contribution in [2.45, 2.75) is 37.8 Å². The first-order valence-electron chi connectivity index (χ1n) is 6.13. The van der Waals surface area contributed by atoms with Crippen LogP contribution in [0, 0.1) is 0 Å². The van der Waals surface area contributed by atoms with Crippen LogP contribution in [0.2, 0.25) is 0 Å². The Labute approximate surface area is 94.8 Å². The lowest BCUT2D eigenvalue weighted by Crippen LogP contribution is -2.52. The fraction of sp³-hybridized carbons (Fsp3) is 0.615. The lowest BCUT2D eigenvalue weighted by atomic mass is 9.67. The summed E-state index contributed by atoms with van der Waals surface area (Å²) in [4.78, 5) is 14.0. The zero-order valence-corrected chi connectivity index (χ0v) is 9.45. The fourth-order valence-corrected chi connectivity index (χ4v) is 3.99. The second-order valence-electron chi connectivity index (χ2n) is 5.30. The van der Waals surface area contributed by atoms with Crippen LogP contribution in [0.5, 0.6) is 0 Å². The van der Waals surface area contributed by atoms with Crippen LogP contribution < -0.4 is 0 Å². The molecule has 1 aliphatic carbocycles. The molecule has 3 heterocycles. The number of fused-ring (bicyclic) bond motifs is 1. The lowest BCUT2D eigenvalue weighted by molar-refractivity contribution is -0.146. The Bertz CT molecular complexity index is 463. The third-order valence-electron chi connectivity index (χ3n) is 4.67. The van der Waals surface area contributed by atoms with Crippen molar-refractivity contribution >= 4 is 5.97 Å². The summed E-state index contributed by atoms with van der Waals surface area (Å²) in [6.07, 6.45) is 5.42. The Hall–Kier alpha value is -1.09. The zero-order valence-electron chi connectivity index (χ0n) is 9.45. The minimum Gasteiger partial charge on any atom is -0.445 e. The molecular weight excluding hydrogens is 202 g/mol. The van der Waals surface area contributed by atoms with E-state index in [9.17, 15) is 4.79 Å². The Morgan fingerprint density at radius 3 is 3.25 bits per heavy atom. The number of carbonyl (C=O) groups is 1. The molecule has 0 bridgehead atoms. The van der Waals surface area contributed by atoms with Crippen LogP contribution in [0.1, 0.15) is 26.2 Å². The van der Waals surface area contributed by atoms with E-state index in [0.717, 1.165) is 13.1 Å². The summed E-state index contributed by atoms with van der Waals surface area (Å²) in [6.45, 7) is 4.30. The summed E-state index contributed by atoms with van der Waals surface area (Å²) in [6, 6.07) is 0.428. The van der Waals surface area contributed by atoms with Gasteiger partial charge >= 0.3 is 5.97 Å². The largest absolute Gasteiger partial charge is 0.445 e. The van der Waals surface area contributed by atoms with Crippen molar-refractivity contribution in [3.8, 4) is 0 Å². The molecule has 16 heavy (non-hydrogen) atoms. The minimum atomic E-state index is -0.304. The quantitative estimate of drug-likeness (QED) is 0.574. The Balaban J connectivity index is 1.85. The van der Waals surface area contributed by atoms with Crippen molar-refractivity contribution in [3.05, 3.63) is 22.8 Å². The molecule has 0 aromatic heterocycles. The number of carbonyl (C=O) groups excluding carboxylic acids is 1. The van der Waals surface area contributed by atoms with Gasteiger partial charge in [-0.15, -0.1) is 0 Å². The second kappa shape index (κ2) is 2.59. The van der Waals surface area contributed by atoms with E-state index in [1.165, 1.54) is 36.0 Å². The molecule has 2 atom stereocenters. The molecule has 0 amide bonds. The molecule has 0 radical (unpaired) electrons. The first kappa shape index (κ1) is 8.99. The molecule has 1 unspecified atom stereocenters. The molecule has 1 spiro atoms. The molecule has 0 N–H and O–H groups in total. The average molecular weight is 217 g/mol. The summed E-state index contributed by atoms with van der Waals surface area (Å²) in [7, 11) is 0. The van der Waals surface area contributed by atoms with Gasteiger partial charge in [0.05, 0.1) is 6.04 Å². The van der Waals surface area contributed by atoms with Gasteiger partial charge in [-0.1, -0.05) is 6.42 Å². The number of hydrogen-bond acceptors (Lipinski definition) is 3. The SMILES string of the molecule is CC1=C2CN3CCCCC3[C@]23OC(=O)C=C13. The van der Waals surface area contributed by atoms with Gasteiger partial charge in [0.1, 0.15) is 0 Å². The lowest BCUT2D eigenvalue weighted by Gasteiger charge is -2.44. The highest BCUT2D eigenvalue weighted by molar-refractivity contribution is 5.92. The van der Waals surface area contributed by atoms with Crippen LogP contribution in [-0.4, -0.2) is 35.6 Å². The van der Waals surface area contributed by atoms with Crippen LogP contribution in [-0.2, 0) is 9.53 Å². The standard InChI is InChI=1S/C13H15NO2/c1-8-9-6-12(15)16-13(9)10(8)7-14-5-3-2-4-11(13)14/h6,11H,2-5,7H2,1H3/t11?,13-/m1/s1. The minimum absolute atomic E-state index is 0.142. The van der Waals surface area contributed by atoms with Gasteiger partial charge in [-0.25, -0.2) is 4.79 Å². The van der Waals surface area contributed by atoms with Crippen molar-refractivity contribution in [2.75, 3.05) is 13.1 Å². The smallest absolute Gasteiger partial charge is 0.332 e. The van der Waals surface area contributed by atoms with E-state index >= 15 is 0 Å². The van der Waals surface area contributed by atoms with E-state index < -0.39 is 0 Å². The van der Waals surface area contributed by atoms with Crippen LogP contribution >= 0.6 is 0 Å². The Morgan fingerprint density at radius 1 is 1.50 bits per heavy atom. The van der Waals surface area contributed by atoms with Gasteiger partial charge in [0.25, 0.3) is 0 Å². The average Bonchev–Trinajstić information content (AvgIpc) is 2.76. The number of esters is 1. The molecule has 4 rings (SSSR count). The Kier molecular flexibility index (Phi) is 1.46. The summed E-state index contributed by atoms with van der Waals surface area (Å²) >= 11 is 0. The van der Waals surface area contributed by atoms with Crippen LogP contribution in [0.3, 0.4) is 0 Å². The van der Waals surface area contributed by atoms with Gasteiger partial charge in [-0.2, -0.15) is 0 Å². The molecule has 3 nitrogen and oxygen atoms in total. The predicted octanol–water partition coefficient (Wildman–Crippen LogP) is 1.41. The molecule has 3 heteroatoms. The first-order chi connectivity index (χ1) is 7.73. The number of piperidine rings is 1. The molecule has 2 fully saturated rings. The van der Waals surface area contributed by atoms with Gasteiger partial charge in [0.15, 0.2) is 5.60 Å².